The molecule has 2 aromatic heterocycles. The second kappa shape index (κ2) is 4.37. The topological polar surface area (TPSA) is 48.5 Å². The fourth-order valence-electron chi connectivity index (χ4n) is 1.94. The standard InChI is InChI=1S/C12H13N5/c1-2-5-12-11(4-1)10-14-17(12)8-3-7-16-9-6-13-15-16/h1-2,4-6,9-10H,3,7-8H2. The molecule has 0 aliphatic heterocycles. The Balaban J connectivity index is 1.69. The first-order chi connectivity index (χ1) is 8.43. The molecule has 0 atom stereocenters. The molecule has 3 aromatic rings. The molecule has 0 aliphatic carbocycles. The van der Waals surface area contributed by atoms with Crippen LogP contribution >= 0.6 is 0 Å². The summed E-state index contributed by atoms with van der Waals surface area (Å²) in [6.07, 6.45) is 6.48. The lowest BCUT2D eigenvalue weighted by atomic mass is 10.2. The molecule has 0 aliphatic rings. The molecule has 0 fully saturated rings. The van der Waals surface area contributed by atoms with E-state index in [4.69, 9.17) is 0 Å². The molecular formula is C12H13N5. The van der Waals surface area contributed by atoms with Gasteiger partial charge >= 0.3 is 0 Å². The molecule has 0 spiro atoms. The van der Waals surface area contributed by atoms with E-state index < -0.39 is 0 Å². The summed E-state index contributed by atoms with van der Waals surface area (Å²) in [5.41, 5.74) is 1.19. The number of aryl methyl sites for hydroxylation is 2. The fraction of sp³-hybridized carbons (Fsp3) is 0.250. The highest BCUT2D eigenvalue weighted by atomic mass is 15.4. The van der Waals surface area contributed by atoms with Crippen molar-refractivity contribution >= 4 is 10.9 Å². The van der Waals surface area contributed by atoms with Gasteiger partial charge in [-0.2, -0.15) is 5.10 Å². The van der Waals surface area contributed by atoms with Gasteiger partial charge in [-0.1, -0.05) is 23.4 Å². The largest absolute Gasteiger partial charge is 0.265 e. The van der Waals surface area contributed by atoms with Crippen molar-refractivity contribution in [1.29, 1.82) is 0 Å². The molecule has 86 valence electrons. The van der Waals surface area contributed by atoms with Crippen molar-refractivity contribution in [1.82, 2.24) is 24.8 Å². The first-order valence-electron chi connectivity index (χ1n) is 5.68. The van der Waals surface area contributed by atoms with Crippen LogP contribution < -0.4 is 0 Å². The Kier molecular flexibility index (Phi) is 2.57. The van der Waals surface area contributed by atoms with Crippen LogP contribution in [0.2, 0.25) is 0 Å². The molecule has 5 nitrogen and oxygen atoms in total. The van der Waals surface area contributed by atoms with Gasteiger partial charge in [-0.3, -0.25) is 9.36 Å². The molecule has 0 N–H and O–H groups in total. The third-order valence-electron chi connectivity index (χ3n) is 2.78. The van der Waals surface area contributed by atoms with Crippen molar-refractivity contribution in [2.45, 2.75) is 19.5 Å². The number of aromatic nitrogens is 5. The lowest BCUT2D eigenvalue weighted by molar-refractivity contribution is 0.499. The van der Waals surface area contributed by atoms with Crippen molar-refractivity contribution in [3.63, 3.8) is 0 Å². The first-order valence-corrected chi connectivity index (χ1v) is 5.68. The lowest BCUT2D eigenvalue weighted by Gasteiger charge is -2.03. The minimum atomic E-state index is 0.869. The van der Waals surface area contributed by atoms with Crippen LogP contribution in [0, 0.1) is 0 Å². The van der Waals surface area contributed by atoms with E-state index >= 15 is 0 Å². The molecule has 2 heterocycles. The Labute approximate surface area is 98.7 Å². The van der Waals surface area contributed by atoms with Crippen LogP contribution in [0.1, 0.15) is 6.42 Å². The number of fused-ring (bicyclic) bond motifs is 1. The Morgan fingerprint density at radius 1 is 1.12 bits per heavy atom. The van der Waals surface area contributed by atoms with Crippen LogP contribution in [0.5, 0.6) is 0 Å². The molecule has 3 rings (SSSR count). The Hall–Kier alpha value is -2.17. The van der Waals surface area contributed by atoms with E-state index in [1.165, 1.54) is 10.9 Å². The number of nitrogens with zero attached hydrogens (tertiary/aromatic N) is 5. The number of hydrogen-bond acceptors (Lipinski definition) is 3. The second-order valence-corrected chi connectivity index (χ2v) is 3.95. The molecule has 0 unspecified atom stereocenters. The molecule has 0 radical (unpaired) electrons. The van der Waals surface area contributed by atoms with Crippen LogP contribution in [0.25, 0.3) is 10.9 Å². The van der Waals surface area contributed by atoms with Crippen LogP contribution in [0.15, 0.2) is 42.9 Å². The summed E-state index contributed by atoms with van der Waals surface area (Å²) < 4.78 is 3.87. The number of hydrogen-bond donors (Lipinski definition) is 0. The molecule has 0 amide bonds. The third kappa shape index (κ3) is 2.04. The first kappa shape index (κ1) is 10.0. The smallest absolute Gasteiger partial charge is 0.0692 e. The van der Waals surface area contributed by atoms with Crippen molar-refractivity contribution < 1.29 is 0 Å². The van der Waals surface area contributed by atoms with Gasteiger partial charge in [0.05, 0.1) is 17.9 Å². The Morgan fingerprint density at radius 2 is 2.06 bits per heavy atom. The van der Waals surface area contributed by atoms with Crippen molar-refractivity contribution in [2.75, 3.05) is 0 Å². The maximum absolute atomic E-state index is 4.39. The maximum atomic E-state index is 4.39. The van der Waals surface area contributed by atoms with E-state index in [-0.39, 0.29) is 0 Å². The normalized spacial score (nSPS) is 11.1. The number of rotatable bonds is 4. The molecular weight excluding hydrogens is 214 g/mol. The summed E-state index contributed by atoms with van der Waals surface area (Å²) in [5.74, 6) is 0. The van der Waals surface area contributed by atoms with Gasteiger partial charge in [-0.05, 0) is 12.5 Å². The summed E-state index contributed by atoms with van der Waals surface area (Å²) in [6, 6.07) is 8.25. The summed E-state index contributed by atoms with van der Waals surface area (Å²) in [6.45, 7) is 1.77. The average Bonchev–Trinajstić information content (AvgIpc) is 2.99. The van der Waals surface area contributed by atoms with Gasteiger partial charge in [-0.25, -0.2) is 0 Å². The Bertz CT molecular complexity index is 596. The van der Waals surface area contributed by atoms with Crippen LogP contribution in [-0.2, 0) is 13.1 Å². The van der Waals surface area contributed by atoms with Gasteiger partial charge in [0.1, 0.15) is 0 Å². The van der Waals surface area contributed by atoms with Gasteiger partial charge in [0, 0.05) is 24.7 Å². The SMILES string of the molecule is c1ccc2c(c1)cnn2CCCn1ccnn1. The van der Waals surface area contributed by atoms with E-state index in [1.807, 2.05) is 33.9 Å². The maximum Gasteiger partial charge on any atom is 0.0692 e. The molecule has 0 saturated carbocycles. The molecule has 1 aromatic carbocycles. The van der Waals surface area contributed by atoms with E-state index in [0.717, 1.165) is 19.5 Å². The predicted octanol–water partition coefficient (Wildman–Crippen LogP) is 1.72. The van der Waals surface area contributed by atoms with E-state index in [1.54, 1.807) is 6.20 Å². The minimum Gasteiger partial charge on any atom is -0.265 e. The average molecular weight is 227 g/mol. The molecule has 0 saturated heterocycles. The Morgan fingerprint density at radius 3 is 2.94 bits per heavy atom. The highest BCUT2D eigenvalue weighted by Gasteiger charge is 2.01. The second-order valence-electron chi connectivity index (χ2n) is 3.95. The van der Waals surface area contributed by atoms with Crippen molar-refractivity contribution in [3.8, 4) is 0 Å². The molecule has 5 heteroatoms. The predicted molar refractivity (Wildman–Crippen MR) is 64.4 cm³/mol. The van der Waals surface area contributed by atoms with Gasteiger partial charge in [0.15, 0.2) is 0 Å². The van der Waals surface area contributed by atoms with Crippen molar-refractivity contribution in [3.05, 3.63) is 42.9 Å². The molecule has 17 heavy (non-hydrogen) atoms. The summed E-state index contributed by atoms with van der Waals surface area (Å²) >= 11 is 0. The van der Waals surface area contributed by atoms with E-state index in [2.05, 4.69) is 27.5 Å². The summed E-state index contributed by atoms with van der Waals surface area (Å²) in [4.78, 5) is 0. The van der Waals surface area contributed by atoms with Gasteiger partial charge < -0.3 is 0 Å². The summed E-state index contributed by atoms with van der Waals surface area (Å²) in [5, 5.41) is 13.3. The zero-order chi connectivity index (χ0) is 11.5. The quantitative estimate of drug-likeness (QED) is 0.681. The van der Waals surface area contributed by atoms with Crippen molar-refractivity contribution in [2.24, 2.45) is 0 Å². The molecule has 0 bridgehead atoms. The van der Waals surface area contributed by atoms with Crippen LogP contribution in [0.3, 0.4) is 0 Å². The van der Waals surface area contributed by atoms with Gasteiger partial charge in [0.2, 0.25) is 0 Å². The number of para-hydroxylation sites is 1. The van der Waals surface area contributed by atoms with E-state index in [0.29, 0.717) is 0 Å². The van der Waals surface area contributed by atoms with Gasteiger partial charge in [-0.15, -0.1) is 5.10 Å². The third-order valence-corrected chi connectivity index (χ3v) is 2.78. The lowest BCUT2D eigenvalue weighted by Crippen LogP contribution is -2.05. The number of benzene rings is 1. The highest BCUT2D eigenvalue weighted by Crippen LogP contribution is 2.12. The van der Waals surface area contributed by atoms with E-state index in [9.17, 15) is 0 Å². The van der Waals surface area contributed by atoms with Gasteiger partial charge in [0.25, 0.3) is 0 Å². The zero-order valence-corrected chi connectivity index (χ0v) is 9.40. The minimum absolute atomic E-state index is 0.869. The van der Waals surface area contributed by atoms with Crippen LogP contribution in [-0.4, -0.2) is 24.8 Å². The summed E-state index contributed by atoms with van der Waals surface area (Å²) in [7, 11) is 0. The highest BCUT2D eigenvalue weighted by molar-refractivity contribution is 5.78. The zero-order valence-electron chi connectivity index (χ0n) is 9.40. The monoisotopic (exact) mass is 227 g/mol. The fourth-order valence-corrected chi connectivity index (χ4v) is 1.94. The van der Waals surface area contributed by atoms with Crippen LogP contribution in [0.4, 0.5) is 0 Å².